The van der Waals surface area contributed by atoms with Crippen molar-refractivity contribution < 1.29 is 13.9 Å². The number of benzene rings is 1. The van der Waals surface area contributed by atoms with Crippen molar-refractivity contribution in [3.63, 3.8) is 0 Å². The number of ether oxygens (including phenoxy) is 1. The quantitative estimate of drug-likeness (QED) is 0.878. The number of carbonyl (C=O) groups is 1. The highest BCUT2D eigenvalue weighted by atomic mass is 35.5. The van der Waals surface area contributed by atoms with Crippen molar-refractivity contribution in [3.05, 3.63) is 51.7 Å². The van der Waals surface area contributed by atoms with Gasteiger partial charge in [-0.3, -0.25) is 14.7 Å². The topological polar surface area (TPSA) is 64.1 Å². The van der Waals surface area contributed by atoms with E-state index in [0.29, 0.717) is 16.9 Å². The van der Waals surface area contributed by atoms with Crippen LogP contribution in [0.5, 0.6) is 0 Å². The van der Waals surface area contributed by atoms with Gasteiger partial charge in [0.2, 0.25) is 0 Å². The van der Waals surface area contributed by atoms with E-state index in [1.807, 2.05) is 0 Å². The number of aryl methyl sites for hydroxylation is 1. The molecule has 2 rings (SSSR count). The predicted molar refractivity (Wildman–Crippen MR) is 74.1 cm³/mol. The second-order valence-electron chi connectivity index (χ2n) is 4.09. The number of rotatable bonds is 3. The highest BCUT2D eigenvalue weighted by Crippen LogP contribution is 2.09. The summed E-state index contributed by atoms with van der Waals surface area (Å²) in [6.45, 7) is 1.68. The average Bonchev–Trinajstić information content (AvgIpc) is 2.66. The maximum atomic E-state index is 13.2. The van der Waals surface area contributed by atoms with Gasteiger partial charge in [-0.2, -0.15) is 0 Å². The number of carbonyl (C=O) groups excluding carboxylic acids is 1. The van der Waals surface area contributed by atoms with Crippen LogP contribution in [0.1, 0.15) is 11.3 Å². The van der Waals surface area contributed by atoms with Crippen LogP contribution in [0.15, 0.2) is 29.1 Å². The van der Waals surface area contributed by atoms with Crippen molar-refractivity contribution in [2.45, 2.75) is 13.3 Å². The van der Waals surface area contributed by atoms with Gasteiger partial charge in [0.25, 0.3) is 5.56 Å². The minimum absolute atomic E-state index is 0. The number of hydrogen-bond acceptors (Lipinski definition) is 3. The number of nitrogens with one attached hydrogen (secondary N) is 1. The van der Waals surface area contributed by atoms with E-state index in [0.717, 1.165) is 0 Å². The Morgan fingerprint density at radius 2 is 2.15 bits per heavy atom. The fourth-order valence-electron chi connectivity index (χ4n) is 1.80. The van der Waals surface area contributed by atoms with Gasteiger partial charge in [-0.05, 0) is 25.1 Å². The van der Waals surface area contributed by atoms with Gasteiger partial charge in [-0.25, -0.2) is 9.07 Å². The maximum Gasteiger partial charge on any atom is 0.310 e. The van der Waals surface area contributed by atoms with Crippen LogP contribution in [0.4, 0.5) is 4.39 Å². The Bertz CT molecular complexity index is 678. The molecule has 1 N–H and O–H groups in total. The molecule has 1 aromatic heterocycles. The summed E-state index contributed by atoms with van der Waals surface area (Å²) in [5, 5.41) is 2.82. The molecule has 0 radical (unpaired) electrons. The number of methoxy groups -OCH3 is 1. The Morgan fingerprint density at radius 1 is 1.45 bits per heavy atom. The van der Waals surface area contributed by atoms with E-state index < -0.39 is 11.8 Å². The fraction of sp³-hybridized carbons (Fsp3) is 0.231. The van der Waals surface area contributed by atoms with Gasteiger partial charge in [-0.1, -0.05) is 6.07 Å². The number of esters is 1. The van der Waals surface area contributed by atoms with Crippen molar-refractivity contribution in [1.82, 2.24) is 9.78 Å². The molecule has 0 aliphatic rings. The summed E-state index contributed by atoms with van der Waals surface area (Å²) in [7, 11) is 1.26. The molecular weight excluding hydrogens is 287 g/mol. The van der Waals surface area contributed by atoms with Gasteiger partial charge >= 0.3 is 5.97 Å². The molecule has 0 unspecified atom stereocenters. The average molecular weight is 301 g/mol. The molecule has 1 aromatic carbocycles. The summed E-state index contributed by atoms with van der Waals surface area (Å²) < 4.78 is 18.9. The number of H-pyrrole nitrogens is 1. The number of nitrogens with zero attached hydrogens (tertiary/aromatic N) is 1. The van der Waals surface area contributed by atoms with Gasteiger partial charge in [0, 0.05) is 5.69 Å². The molecule has 20 heavy (non-hydrogen) atoms. The van der Waals surface area contributed by atoms with Crippen molar-refractivity contribution in [2.75, 3.05) is 7.11 Å². The van der Waals surface area contributed by atoms with Crippen LogP contribution in [-0.4, -0.2) is 22.9 Å². The SMILES string of the molecule is COC(=O)Cc1c(C)[nH]n(-c2cccc(F)c2)c1=O.Cl. The van der Waals surface area contributed by atoms with Crippen LogP contribution in [0, 0.1) is 12.7 Å². The molecule has 7 heteroatoms. The summed E-state index contributed by atoms with van der Waals surface area (Å²) >= 11 is 0. The maximum absolute atomic E-state index is 13.2. The minimum Gasteiger partial charge on any atom is -0.469 e. The highest BCUT2D eigenvalue weighted by Gasteiger charge is 2.16. The van der Waals surface area contributed by atoms with Crippen LogP contribution < -0.4 is 5.56 Å². The molecule has 0 amide bonds. The third kappa shape index (κ3) is 3.08. The van der Waals surface area contributed by atoms with Crippen LogP contribution in [0.2, 0.25) is 0 Å². The lowest BCUT2D eigenvalue weighted by Gasteiger charge is -2.00. The first-order valence-electron chi connectivity index (χ1n) is 5.66. The number of hydrogen-bond donors (Lipinski definition) is 1. The van der Waals surface area contributed by atoms with E-state index in [4.69, 9.17) is 0 Å². The molecule has 0 bridgehead atoms. The third-order valence-electron chi connectivity index (χ3n) is 2.81. The molecule has 0 fully saturated rings. The smallest absolute Gasteiger partial charge is 0.310 e. The first-order valence-corrected chi connectivity index (χ1v) is 5.66. The molecule has 0 saturated heterocycles. The molecule has 0 aliphatic carbocycles. The highest BCUT2D eigenvalue weighted by molar-refractivity contribution is 5.85. The lowest BCUT2D eigenvalue weighted by molar-refractivity contribution is -0.139. The van der Waals surface area contributed by atoms with Gasteiger partial charge < -0.3 is 4.74 Å². The second-order valence-corrected chi connectivity index (χ2v) is 4.09. The standard InChI is InChI=1S/C13H13FN2O3.ClH/c1-8-11(7-12(17)19-2)13(18)16(15-8)10-5-3-4-9(14)6-10;/h3-6,15H,7H2,1-2H3;1H. The first kappa shape index (κ1) is 16.0. The molecule has 0 saturated carbocycles. The van der Waals surface area contributed by atoms with Crippen molar-refractivity contribution in [3.8, 4) is 5.69 Å². The van der Waals surface area contributed by atoms with Crippen molar-refractivity contribution in [2.24, 2.45) is 0 Å². The third-order valence-corrected chi connectivity index (χ3v) is 2.81. The minimum atomic E-state index is -0.495. The van der Waals surface area contributed by atoms with Gasteiger partial charge in [0.15, 0.2) is 0 Å². The second kappa shape index (κ2) is 6.38. The predicted octanol–water partition coefficient (Wildman–Crippen LogP) is 1.75. The summed E-state index contributed by atoms with van der Waals surface area (Å²) in [5.41, 5.74) is 0.869. The zero-order valence-electron chi connectivity index (χ0n) is 11.0. The first-order chi connectivity index (χ1) is 9.02. The Balaban J connectivity index is 0.00000200. The summed E-state index contributed by atoms with van der Waals surface area (Å²) in [6.07, 6.45) is -0.111. The summed E-state index contributed by atoms with van der Waals surface area (Å²) in [4.78, 5) is 23.4. The van der Waals surface area contributed by atoms with E-state index in [-0.39, 0.29) is 24.4 Å². The Kier molecular flexibility index (Phi) is 5.10. The number of halogens is 2. The number of aromatic amines is 1. The largest absolute Gasteiger partial charge is 0.469 e. The van der Waals surface area contributed by atoms with E-state index in [1.54, 1.807) is 13.0 Å². The normalized spacial score (nSPS) is 9.95. The van der Waals surface area contributed by atoms with Crippen LogP contribution >= 0.6 is 12.4 Å². The van der Waals surface area contributed by atoms with Gasteiger partial charge in [-0.15, -0.1) is 12.4 Å². The van der Waals surface area contributed by atoms with Crippen molar-refractivity contribution >= 4 is 18.4 Å². The molecule has 5 nitrogen and oxygen atoms in total. The van der Waals surface area contributed by atoms with Crippen LogP contribution in [0.3, 0.4) is 0 Å². The zero-order chi connectivity index (χ0) is 14.0. The summed E-state index contributed by atoms with van der Waals surface area (Å²) in [6, 6.07) is 5.63. The molecule has 0 aliphatic heterocycles. The Hall–Kier alpha value is -2.08. The number of aromatic nitrogens is 2. The van der Waals surface area contributed by atoms with E-state index in [2.05, 4.69) is 9.84 Å². The molecule has 1 heterocycles. The zero-order valence-corrected chi connectivity index (χ0v) is 11.8. The molecule has 0 spiro atoms. The molecule has 2 aromatic rings. The van der Waals surface area contributed by atoms with E-state index in [1.165, 1.54) is 30.0 Å². The monoisotopic (exact) mass is 300 g/mol. The van der Waals surface area contributed by atoms with Gasteiger partial charge in [0.1, 0.15) is 5.82 Å². The molecule has 0 atom stereocenters. The van der Waals surface area contributed by atoms with Gasteiger partial charge in [0.05, 0.1) is 24.8 Å². The van der Waals surface area contributed by atoms with E-state index in [9.17, 15) is 14.0 Å². The Morgan fingerprint density at radius 3 is 2.75 bits per heavy atom. The lowest BCUT2D eigenvalue weighted by Crippen LogP contribution is -2.19. The van der Waals surface area contributed by atoms with Crippen LogP contribution in [-0.2, 0) is 16.0 Å². The Labute approximate surface area is 120 Å². The fourth-order valence-corrected chi connectivity index (χ4v) is 1.80. The lowest BCUT2D eigenvalue weighted by atomic mass is 10.2. The molecular formula is C13H14ClFN2O3. The summed E-state index contributed by atoms with van der Waals surface area (Å²) in [5.74, 6) is -0.934. The van der Waals surface area contributed by atoms with E-state index >= 15 is 0 Å². The van der Waals surface area contributed by atoms with Crippen molar-refractivity contribution in [1.29, 1.82) is 0 Å². The molecule has 108 valence electrons. The van der Waals surface area contributed by atoms with Crippen LogP contribution in [0.25, 0.3) is 5.69 Å².